The molecular formula is C23H21N5O3S. The van der Waals surface area contributed by atoms with Crippen LogP contribution < -0.4 is 9.62 Å². The van der Waals surface area contributed by atoms with Gasteiger partial charge in [-0.2, -0.15) is 0 Å². The van der Waals surface area contributed by atoms with Crippen LogP contribution in [0.4, 0.5) is 11.6 Å². The molecule has 3 aromatic carbocycles. The Morgan fingerprint density at radius 1 is 0.969 bits per heavy atom. The zero-order chi connectivity index (χ0) is 22.6. The van der Waals surface area contributed by atoms with Gasteiger partial charge in [-0.25, -0.2) is 18.1 Å². The van der Waals surface area contributed by atoms with Crippen LogP contribution in [0.15, 0.2) is 96.2 Å². The molecule has 1 amide bonds. The largest absolute Gasteiger partial charge is 0.289 e. The topological polar surface area (TPSA) is 97.2 Å². The molecule has 0 radical (unpaired) electrons. The summed E-state index contributed by atoms with van der Waals surface area (Å²) < 4.78 is 28.8. The first-order chi connectivity index (χ1) is 15.4. The van der Waals surface area contributed by atoms with Crippen LogP contribution in [0.1, 0.15) is 15.9 Å². The van der Waals surface area contributed by atoms with Crippen LogP contribution in [0, 0.1) is 0 Å². The van der Waals surface area contributed by atoms with Gasteiger partial charge >= 0.3 is 0 Å². The van der Waals surface area contributed by atoms with Crippen LogP contribution in [0.25, 0.3) is 0 Å². The van der Waals surface area contributed by atoms with Crippen LogP contribution in [-0.2, 0) is 16.6 Å². The molecule has 0 fully saturated rings. The minimum atomic E-state index is -3.83. The summed E-state index contributed by atoms with van der Waals surface area (Å²) in [5.41, 5.74) is 1.76. The molecule has 8 nitrogen and oxygen atoms in total. The Morgan fingerprint density at radius 2 is 1.66 bits per heavy atom. The molecule has 9 heteroatoms. The van der Waals surface area contributed by atoms with E-state index in [-0.39, 0.29) is 16.4 Å². The first kappa shape index (κ1) is 21.3. The number of aromatic nitrogens is 3. The third kappa shape index (κ3) is 4.68. The number of benzene rings is 3. The van der Waals surface area contributed by atoms with Gasteiger partial charge in [-0.05, 0) is 35.9 Å². The second kappa shape index (κ2) is 9.03. The number of rotatable bonds is 7. The molecule has 0 unspecified atom stereocenters. The first-order valence-electron chi connectivity index (χ1n) is 9.82. The molecule has 0 aliphatic rings. The maximum atomic E-state index is 13.0. The minimum Gasteiger partial charge on any atom is -0.289 e. The second-order valence-corrected chi connectivity index (χ2v) is 9.01. The predicted molar refractivity (Wildman–Crippen MR) is 122 cm³/mol. The highest BCUT2D eigenvalue weighted by Gasteiger charge is 2.22. The molecule has 0 spiro atoms. The summed E-state index contributed by atoms with van der Waals surface area (Å²) in [6.07, 6.45) is 1.53. The quantitative estimate of drug-likeness (QED) is 0.468. The molecule has 4 aromatic rings. The van der Waals surface area contributed by atoms with Gasteiger partial charge in [0.15, 0.2) is 0 Å². The van der Waals surface area contributed by atoms with E-state index in [9.17, 15) is 13.2 Å². The van der Waals surface area contributed by atoms with Crippen molar-refractivity contribution in [1.82, 2.24) is 14.8 Å². The third-order valence-electron chi connectivity index (χ3n) is 4.82. The van der Waals surface area contributed by atoms with Gasteiger partial charge in [0.25, 0.3) is 15.9 Å². The molecular weight excluding hydrogens is 426 g/mol. The molecule has 1 heterocycles. The number of sulfonamides is 1. The van der Waals surface area contributed by atoms with Gasteiger partial charge in [0, 0.05) is 12.6 Å². The van der Waals surface area contributed by atoms with Crippen molar-refractivity contribution in [3.63, 3.8) is 0 Å². The molecule has 1 aromatic heterocycles. The molecule has 4 rings (SSSR count). The van der Waals surface area contributed by atoms with Crippen molar-refractivity contribution in [2.75, 3.05) is 16.7 Å². The molecule has 0 saturated carbocycles. The van der Waals surface area contributed by atoms with Crippen molar-refractivity contribution >= 4 is 27.6 Å². The Kier molecular flexibility index (Phi) is 6.00. The smallest absolute Gasteiger partial charge is 0.264 e. The van der Waals surface area contributed by atoms with Gasteiger partial charge in [0.1, 0.15) is 6.33 Å². The van der Waals surface area contributed by atoms with Crippen molar-refractivity contribution in [3.8, 4) is 0 Å². The van der Waals surface area contributed by atoms with Crippen LogP contribution in [0.3, 0.4) is 0 Å². The van der Waals surface area contributed by atoms with Crippen LogP contribution >= 0.6 is 0 Å². The highest BCUT2D eigenvalue weighted by Crippen LogP contribution is 2.22. The zero-order valence-corrected chi connectivity index (χ0v) is 18.1. The molecule has 0 bridgehead atoms. The number of carbonyl (C=O) groups excluding carboxylic acids is 1. The average molecular weight is 448 g/mol. The maximum absolute atomic E-state index is 13.0. The first-order valence-corrected chi connectivity index (χ1v) is 11.3. The molecule has 0 aliphatic heterocycles. The van der Waals surface area contributed by atoms with Gasteiger partial charge < -0.3 is 0 Å². The van der Waals surface area contributed by atoms with Crippen LogP contribution in [0.5, 0.6) is 0 Å². The third-order valence-corrected chi connectivity index (χ3v) is 6.61. The van der Waals surface area contributed by atoms with Crippen molar-refractivity contribution in [3.05, 3.63) is 102 Å². The van der Waals surface area contributed by atoms with E-state index in [4.69, 9.17) is 0 Å². The standard InChI is InChI=1S/C23H21N5O3S/c1-27(20-12-6-3-7-13-20)32(30,31)21-14-8-11-19(15-21)22(29)25-23-24-17-28(26-23)16-18-9-4-2-5-10-18/h2-15,17H,16H2,1H3,(H,25,26,29). The summed E-state index contributed by atoms with van der Waals surface area (Å²) in [5, 5.41) is 6.87. The van der Waals surface area contributed by atoms with Gasteiger partial charge in [-0.1, -0.05) is 54.6 Å². The maximum Gasteiger partial charge on any atom is 0.264 e. The lowest BCUT2D eigenvalue weighted by molar-refractivity contribution is 0.102. The minimum absolute atomic E-state index is 0.0130. The van der Waals surface area contributed by atoms with E-state index < -0.39 is 15.9 Å². The molecule has 32 heavy (non-hydrogen) atoms. The number of nitrogens with zero attached hydrogens (tertiary/aromatic N) is 4. The lowest BCUT2D eigenvalue weighted by Gasteiger charge is -2.19. The van der Waals surface area contributed by atoms with Gasteiger partial charge in [0.2, 0.25) is 5.95 Å². The fourth-order valence-electron chi connectivity index (χ4n) is 3.10. The lowest BCUT2D eigenvalue weighted by atomic mass is 10.2. The molecule has 0 saturated heterocycles. The van der Waals surface area contributed by atoms with Gasteiger partial charge in [-0.15, -0.1) is 5.10 Å². The Morgan fingerprint density at radius 3 is 2.38 bits per heavy atom. The Labute approximate surface area is 186 Å². The normalized spacial score (nSPS) is 11.2. The Balaban J connectivity index is 1.49. The Hall–Kier alpha value is -3.98. The Bertz CT molecular complexity index is 1320. The van der Waals surface area contributed by atoms with Gasteiger partial charge in [0.05, 0.1) is 17.1 Å². The molecule has 1 N–H and O–H groups in total. The highest BCUT2D eigenvalue weighted by molar-refractivity contribution is 7.92. The SMILES string of the molecule is CN(c1ccccc1)S(=O)(=O)c1cccc(C(=O)Nc2ncn(Cc3ccccc3)n2)c1. The summed E-state index contributed by atoms with van der Waals surface area (Å²) in [6, 6.07) is 24.3. The van der Waals surface area contributed by atoms with Crippen molar-refractivity contribution in [2.45, 2.75) is 11.4 Å². The van der Waals surface area contributed by atoms with E-state index >= 15 is 0 Å². The van der Waals surface area contributed by atoms with Crippen LogP contribution in [-0.4, -0.2) is 36.1 Å². The monoisotopic (exact) mass is 447 g/mol. The lowest BCUT2D eigenvalue weighted by Crippen LogP contribution is -2.26. The number of carbonyl (C=O) groups is 1. The van der Waals surface area contributed by atoms with Crippen LogP contribution in [0.2, 0.25) is 0 Å². The van der Waals surface area contributed by atoms with E-state index in [2.05, 4.69) is 15.4 Å². The van der Waals surface area contributed by atoms with Crippen molar-refractivity contribution in [2.24, 2.45) is 0 Å². The second-order valence-electron chi connectivity index (χ2n) is 7.04. The molecule has 162 valence electrons. The van der Waals surface area contributed by atoms with E-state index in [1.54, 1.807) is 28.9 Å². The molecule has 0 atom stereocenters. The number of amides is 1. The van der Waals surface area contributed by atoms with E-state index in [1.165, 1.54) is 41.9 Å². The summed E-state index contributed by atoms with van der Waals surface area (Å²) in [5.74, 6) is -0.359. The fourth-order valence-corrected chi connectivity index (χ4v) is 4.35. The van der Waals surface area contributed by atoms with Gasteiger partial charge in [-0.3, -0.25) is 14.4 Å². The van der Waals surface area contributed by atoms with E-state index in [0.29, 0.717) is 12.2 Å². The van der Waals surface area contributed by atoms with E-state index in [1.807, 2.05) is 36.4 Å². The summed E-state index contributed by atoms with van der Waals surface area (Å²) >= 11 is 0. The van der Waals surface area contributed by atoms with E-state index in [0.717, 1.165) is 5.56 Å². The fraction of sp³-hybridized carbons (Fsp3) is 0.0870. The summed E-state index contributed by atoms with van der Waals surface area (Å²) in [6.45, 7) is 0.517. The molecule has 0 aliphatic carbocycles. The number of hydrogen-bond acceptors (Lipinski definition) is 5. The summed E-state index contributed by atoms with van der Waals surface area (Å²) in [7, 11) is -2.36. The number of anilines is 2. The van der Waals surface area contributed by atoms with Crippen molar-refractivity contribution in [1.29, 1.82) is 0 Å². The zero-order valence-electron chi connectivity index (χ0n) is 17.3. The predicted octanol–water partition coefficient (Wildman–Crippen LogP) is 3.40. The highest BCUT2D eigenvalue weighted by atomic mass is 32.2. The van der Waals surface area contributed by atoms with Crippen molar-refractivity contribution < 1.29 is 13.2 Å². The number of hydrogen-bond donors (Lipinski definition) is 1. The number of para-hydroxylation sites is 1. The summed E-state index contributed by atoms with van der Waals surface area (Å²) in [4.78, 5) is 16.8. The average Bonchev–Trinajstić information content (AvgIpc) is 3.26. The number of nitrogens with one attached hydrogen (secondary N) is 1.